The van der Waals surface area contributed by atoms with Crippen molar-refractivity contribution in [2.45, 2.75) is 89.5 Å². The van der Waals surface area contributed by atoms with Crippen molar-refractivity contribution >= 4 is 0 Å². The maximum absolute atomic E-state index is 14.2. The monoisotopic (exact) mass is 482 g/mol. The number of benzene rings is 1. The first kappa shape index (κ1) is 23.4. The van der Waals surface area contributed by atoms with Gasteiger partial charge in [0, 0.05) is 44.2 Å². The summed E-state index contributed by atoms with van der Waals surface area (Å²) in [7, 11) is 0. The zero-order valence-electron chi connectivity index (χ0n) is 21.1. The number of nitrogens with zero attached hydrogens (tertiary/aromatic N) is 3. The lowest BCUT2D eigenvalue weighted by atomic mass is 9.73. The SMILES string of the molecule is CCc1cc(O)c(F)cc1C1CCC2C(C1)NNC2c1nc2c([nH]1)CN(C1CN(CC)C1C)CC2. The van der Waals surface area contributed by atoms with Gasteiger partial charge in [-0.1, -0.05) is 13.8 Å². The van der Waals surface area contributed by atoms with Crippen LogP contribution in [0.25, 0.3) is 0 Å². The molecule has 2 saturated heterocycles. The van der Waals surface area contributed by atoms with Crippen molar-refractivity contribution in [1.29, 1.82) is 0 Å². The highest BCUT2D eigenvalue weighted by molar-refractivity contribution is 5.39. The number of phenolic OH excluding ortho intramolecular Hbond substituents is 1. The standard InChI is InChI=1S/C27H39FN6O/c1-4-16-11-25(35)20(28)12-19(16)17-6-7-18-22(10-17)31-32-26(18)27-29-21-8-9-34(13-23(21)30-27)24-14-33(5-2)15(24)3/h11-12,15,17-18,22,24,26,31-32,35H,4-10,13-14H2,1-3H3,(H,29,30). The first-order valence-electron chi connectivity index (χ1n) is 13.5. The van der Waals surface area contributed by atoms with Crippen LogP contribution in [0.15, 0.2) is 12.1 Å². The van der Waals surface area contributed by atoms with Gasteiger partial charge in [-0.05, 0) is 74.2 Å². The highest BCUT2D eigenvalue weighted by Gasteiger charge is 2.44. The first-order chi connectivity index (χ1) is 17.0. The Morgan fingerprint density at radius 2 is 2.06 bits per heavy atom. The van der Waals surface area contributed by atoms with Gasteiger partial charge >= 0.3 is 0 Å². The number of rotatable bonds is 5. The molecule has 4 aliphatic rings. The van der Waals surface area contributed by atoms with E-state index in [0.29, 0.717) is 30.0 Å². The zero-order chi connectivity index (χ0) is 24.3. The Labute approximate surface area is 207 Å². The summed E-state index contributed by atoms with van der Waals surface area (Å²) in [5.41, 5.74) is 11.7. The quantitative estimate of drug-likeness (QED) is 0.523. The number of phenols is 1. The van der Waals surface area contributed by atoms with Crippen LogP contribution in [0.1, 0.15) is 80.3 Å². The van der Waals surface area contributed by atoms with Crippen molar-refractivity contribution in [2.24, 2.45) is 5.92 Å². The Morgan fingerprint density at radius 1 is 1.20 bits per heavy atom. The van der Waals surface area contributed by atoms with E-state index in [2.05, 4.69) is 46.4 Å². The number of likely N-dealkylation sites (N-methyl/N-ethyl adjacent to an activating group) is 1. The Kier molecular flexibility index (Phi) is 6.11. The highest BCUT2D eigenvalue weighted by Crippen LogP contribution is 2.44. The van der Waals surface area contributed by atoms with Gasteiger partial charge in [0.1, 0.15) is 5.82 Å². The van der Waals surface area contributed by atoms with Crippen LogP contribution in [-0.4, -0.2) is 62.6 Å². The molecule has 7 nitrogen and oxygen atoms in total. The topological polar surface area (TPSA) is 79.4 Å². The van der Waals surface area contributed by atoms with Crippen molar-refractivity contribution in [2.75, 3.05) is 19.6 Å². The van der Waals surface area contributed by atoms with Crippen molar-refractivity contribution in [3.05, 3.63) is 46.3 Å². The van der Waals surface area contributed by atoms with Crippen LogP contribution in [-0.2, 0) is 19.4 Å². The molecule has 1 aromatic heterocycles. The average Bonchev–Trinajstić information content (AvgIpc) is 3.47. The van der Waals surface area contributed by atoms with Gasteiger partial charge in [0.15, 0.2) is 11.6 Å². The van der Waals surface area contributed by atoms with Gasteiger partial charge in [-0.3, -0.25) is 15.2 Å². The fraction of sp³-hybridized carbons (Fsp3) is 0.667. The van der Waals surface area contributed by atoms with Crippen molar-refractivity contribution < 1.29 is 9.50 Å². The van der Waals surface area contributed by atoms with Crippen molar-refractivity contribution in [1.82, 2.24) is 30.6 Å². The minimum atomic E-state index is -0.511. The molecular formula is C27H39FN6O. The number of aryl methyl sites for hydroxylation is 1. The summed E-state index contributed by atoms with van der Waals surface area (Å²) >= 11 is 0. The van der Waals surface area contributed by atoms with E-state index < -0.39 is 5.82 Å². The Morgan fingerprint density at radius 3 is 2.83 bits per heavy atom. The summed E-state index contributed by atoms with van der Waals surface area (Å²) < 4.78 is 14.2. The Balaban J connectivity index is 1.14. The van der Waals surface area contributed by atoms with Gasteiger partial charge in [0.2, 0.25) is 0 Å². The third kappa shape index (κ3) is 3.99. The molecule has 1 aliphatic carbocycles. The third-order valence-electron chi connectivity index (χ3n) is 9.39. The molecule has 3 aliphatic heterocycles. The molecule has 0 bridgehead atoms. The number of fused-ring (bicyclic) bond motifs is 2. The van der Waals surface area contributed by atoms with E-state index in [1.165, 1.54) is 17.9 Å². The molecule has 6 rings (SSSR count). The molecule has 6 unspecified atom stereocenters. The van der Waals surface area contributed by atoms with E-state index in [1.54, 1.807) is 12.1 Å². The van der Waals surface area contributed by atoms with Gasteiger partial charge < -0.3 is 10.1 Å². The number of hydrogen-bond acceptors (Lipinski definition) is 6. The van der Waals surface area contributed by atoms with Crippen LogP contribution < -0.4 is 10.9 Å². The third-order valence-corrected chi connectivity index (χ3v) is 9.39. The molecule has 6 atom stereocenters. The van der Waals surface area contributed by atoms with Crippen molar-refractivity contribution in [3.63, 3.8) is 0 Å². The normalized spacial score (nSPS) is 33.4. The van der Waals surface area contributed by atoms with E-state index >= 15 is 0 Å². The zero-order valence-corrected chi connectivity index (χ0v) is 21.1. The van der Waals surface area contributed by atoms with Gasteiger partial charge in [-0.25, -0.2) is 14.8 Å². The summed E-state index contributed by atoms with van der Waals surface area (Å²) in [6.07, 6.45) is 4.87. The largest absolute Gasteiger partial charge is 0.505 e. The number of hydrazine groups is 1. The number of H-pyrrole nitrogens is 1. The second-order valence-electron chi connectivity index (χ2n) is 11.1. The van der Waals surface area contributed by atoms with Crippen LogP contribution in [0.3, 0.4) is 0 Å². The number of aromatic hydroxyl groups is 1. The summed E-state index contributed by atoms with van der Waals surface area (Å²) in [4.78, 5) is 14.0. The fourth-order valence-electron chi connectivity index (χ4n) is 7.19. The number of hydrogen-bond donors (Lipinski definition) is 4. The lowest BCUT2D eigenvalue weighted by molar-refractivity contribution is -0.0237. The molecular weight excluding hydrogens is 443 g/mol. The summed E-state index contributed by atoms with van der Waals surface area (Å²) in [5, 5.41) is 9.82. The molecule has 35 heavy (non-hydrogen) atoms. The maximum Gasteiger partial charge on any atom is 0.165 e. The van der Waals surface area contributed by atoms with Crippen LogP contribution in [0.5, 0.6) is 5.75 Å². The van der Waals surface area contributed by atoms with Gasteiger partial charge in [0.05, 0.1) is 17.4 Å². The molecule has 1 aromatic carbocycles. The number of aromatic amines is 1. The number of halogens is 1. The lowest BCUT2D eigenvalue weighted by Crippen LogP contribution is -2.65. The molecule has 4 N–H and O–H groups in total. The highest BCUT2D eigenvalue weighted by atomic mass is 19.1. The van der Waals surface area contributed by atoms with Gasteiger partial charge in [-0.15, -0.1) is 0 Å². The predicted molar refractivity (Wildman–Crippen MR) is 134 cm³/mol. The number of imidazole rings is 1. The van der Waals surface area contributed by atoms with E-state index in [9.17, 15) is 9.50 Å². The summed E-state index contributed by atoms with van der Waals surface area (Å²) in [6.45, 7) is 11.0. The van der Waals surface area contributed by atoms with Crippen LogP contribution in [0, 0.1) is 11.7 Å². The summed E-state index contributed by atoms with van der Waals surface area (Å²) in [5.74, 6) is 1.09. The van der Waals surface area contributed by atoms with E-state index in [1.807, 2.05) is 0 Å². The van der Waals surface area contributed by atoms with Crippen LogP contribution in [0.2, 0.25) is 0 Å². The Hall–Kier alpha value is -2.00. The van der Waals surface area contributed by atoms with Crippen LogP contribution in [0.4, 0.5) is 4.39 Å². The smallest absolute Gasteiger partial charge is 0.165 e. The molecule has 190 valence electrons. The minimum absolute atomic E-state index is 0.181. The molecule has 8 heteroatoms. The molecule has 0 amide bonds. The molecule has 0 spiro atoms. The molecule has 1 saturated carbocycles. The predicted octanol–water partition coefficient (Wildman–Crippen LogP) is 3.37. The second kappa shape index (κ2) is 9.14. The van der Waals surface area contributed by atoms with Crippen molar-refractivity contribution in [3.8, 4) is 5.75 Å². The molecule has 4 heterocycles. The number of likely N-dealkylation sites (tertiary alicyclic amines) is 1. The minimum Gasteiger partial charge on any atom is -0.505 e. The van der Waals surface area contributed by atoms with Crippen LogP contribution >= 0.6 is 0 Å². The maximum atomic E-state index is 14.2. The van der Waals surface area contributed by atoms with Gasteiger partial charge in [0.25, 0.3) is 0 Å². The average molecular weight is 483 g/mol. The van der Waals surface area contributed by atoms with Gasteiger partial charge in [-0.2, -0.15) is 0 Å². The summed E-state index contributed by atoms with van der Waals surface area (Å²) in [6, 6.07) is 4.97. The number of aromatic nitrogens is 2. The number of nitrogens with one attached hydrogen (secondary N) is 3. The van der Waals surface area contributed by atoms with E-state index in [0.717, 1.165) is 68.7 Å². The van der Waals surface area contributed by atoms with E-state index in [-0.39, 0.29) is 11.8 Å². The molecule has 3 fully saturated rings. The Bertz CT molecular complexity index is 1090. The molecule has 0 radical (unpaired) electrons. The second-order valence-corrected chi connectivity index (χ2v) is 11.1. The fourth-order valence-corrected chi connectivity index (χ4v) is 7.19. The molecule has 2 aromatic rings. The first-order valence-corrected chi connectivity index (χ1v) is 13.5. The van der Waals surface area contributed by atoms with E-state index in [4.69, 9.17) is 4.98 Å². The lowest BCUT2D eigenvalue weighted by Gasteiger charge is -2.51.